The van der Waals surface area contributed by atoms with Gasteiger partial charge in [0, 0.05) is 53.0 Å². The fraction of sp³-hybridized carbons (Fsp3) is 0.250. The van der Waals surface area contributed by atoms with Gasteiger partial charge in [-0.1, -0.05) is 35.9 Å². The number of hydrogen-bond acceptors (Lipinski definition) is 4. The predicted molar refractivity (Wildman–Crippen MR) is 106 cm³/mol. The summed E-state index contributed by atoms with van der Waals surface area (Å²) in [6.45, 7) is 0.621. The fourth-order valence-corrected chi connectivity index (χ4v) is 3.53. The molecule has 0 spiro atoms. The van der Waals surface area contributed by atoms with E-state index in [4.69, 9.17) is 11.6 Å². The minimum atomic E-state index is -0.136. The van der Waals surface area contributed by atoms with Gasteiger partial charge in [0.15, 0.2) is 0 Å². The largest absolute Gasteiger partial charge is 0.350 e. The van der Waals surface area contributed by atoms with Gasteiger partial charge in [-0.25, -0.2) is 0 Å². The van der Waals surface area contributed by atoms with E-state index >= 15 is 0 Å². The highest BCUT2D eigenvalue weighted by Gasteiger charge is 2.21. The molecule has 1 unspecified atom stereocenters. The number of aromatic amines is 1. The van der Waals surface area contributed by atoms with E-state index < -0.39 is 0 Å². The van der Waals surface area contributed by atoms with Crippen LogP contribution in [0.1, 0.15) is 35.6 Å². The third-order valence-corrected chi connectivity index (χ3v) is 5.09. The van der Waals surface area contributed by atoms with Gasteiger partial charge in [-0.2, -0.15) is 5.10 Å². The lowest BCUT2D eigenvalue weighted by Crippen LogP contribution is -2.24. The van der Waals surface area contributed by atoms with Gasteiger partial charge in [-0.3, -0.25) is 9.59 Å². The van der Waals surface area contributed by atoms with Gasteiger partial charge in [-0.15, -0.1) is 0 Å². The van der Waals surface area contributed by atoms with Crippen LogP contribution in [0.15, 0.2) is 52.4 Å². The Bertz CT molecular complexity index is 978. The fourth-order valence-electron chi connectivity index (χ4n) is 3.41. The molecule has 2 atom stereocenters. The first kappa shape index (κ1) is 17.5. The van der Waals surface area contributed by atoms with E-state index in [-0.39, 0.29) is 23.4 Å². The molecule has 6 nitrogen and oxygen atoms in total. The summed E-state index contributed by atoms with van der Waals surface area (Å²) in [6, 6.07) is 11.1. The van der Waals surface area contributed by atoms with E-state index in [9.17, 15) is 9.59 Å². The number of carbonyl (C=O) groups is 1. The Hall–Kier alpha value is -2.86. The van der Waals surface area contributed by atoms with Gasteiger partial charge in [0.25, 0.3) is 5.56 Å². The van der Waals surface area contributed by atoms with Crippen LogP contribution in [-0.4, -0.2) is 29.7 Å². The number of aromatic nitrogens is 1. The zero-order valence-corrected chi connectivity index (χ0v) is 15.3. The van der Waals surface area contributed by atoms with Crippen LogP contribution in [0.4, 0.5) is 0 Å². The van der Waals surface area contributed by atoms with E-state index in [2.05, 4.69) is 20.8 Å². The zero-order valence-electron chi connectivity index (χ0n) is 14.5. The highest BCUT2D eigenvalue weighted by Crippen LogP contribution is 2.26. The summed E-state index contributed by atoms with van der Waals surface area (Å²) in [4.78, 5) is 27.2. The van der Waals surface area contributed by atoms with E-state index in [0.717, 1.165) is 17.6 Å². The number of nitrogens with one attached hydrogen (secondary N) is 3. The second kappa shape index (κ2) is 7.40. The SMILES string of the molecule is O=C1CC[C@H](/C=C(\c2ccc(Cl)cc2)c2ccc(C3C=NNC3)c(=O)[nH]2)N1. The summed E-state index contributed by atoms with van der Waals surface area (Å²) in [5, 5.41) is 7.57. The number of carbonyl (C=O) groups excluding carboxylic acids is 1. The smallest absolute Gasteiger partial charge is 0.252 e. The molecule has 1 aromatic heterocycles. The highest BCUT2D eigenvalue weighted by molar-refractivity contribution is 6.30. The minimum Gasteiger partial charge on any atom is -0.350 e. The molecule has 4 rings (SSSR count). The van der Waals surface area contributed by atoms with E-state index in [1.807, 2.05) is 42.5 Å². The Labute approximate surface area is 161 Å². The van der Waals surface area contributed by atoms with Crippen LogP contribution in [0.5, 0.6) is 0 Å². The number of halogens is 1. The molecule has 1 aromatic carbocycles. The molecule has 3 N–H and O–H groups in total. The van der Waals surface area contributed by atoms with Crippen LogP contribution in [0.3, 0.4) is 0 Å². The van der Waals surface area contributed by atoms with Gasteiger partial charge in [0.1, 0.15) is 0 Å². The average Bonchev–Trinajstić information content (AvgIpc) is 3.32. The molecule has 2 aliphatic heterocycles. The standard InChI is InChI=1S/C20H19ClN4O2/c21-14-3-1-12(2-4-14)17(9-15-5-8-19(26)24-15)18-7-6-16(20(27)25-18)13-10-22-23-11-13/h1-4,6-7,9-10,13,15,23H,5,8,11H2,(H,24,26)(H,25,27)/b17-9+/t13?,15-/m1/s1. The lowest BCUT2D eigenvalue weighted by atomic mass is 9.97. The van der Waals surface area contributed by atoms with Crippen LogP contribution < -0.4 is 16.3 Å². The average molecular weight is 383 g/mol. The summed E-state index contributed by atoms with van der Waals surface area (Å²) in [5.74, 6) is 0.0171. The maximum absolute atomic E-state index is 12.6. The van der Waals surface area contributed by atoms with Crippen molar-refractivity contribution in [1.82, 2.24) is 15.7 Å². The Kier molecular flexibility index (Phi) is 4.81. The lowest BCUT2D eigenvalue weighted by molar-refractivity contribution is -0.119. The summed E-state index contributed by atoms with van der Waals surface area (Å²) in [6.07, 6.45) is 4.99. The number of benzene rings is 1. The number of H-pyrrole nitrogens is 1. The first-order chi connectivity index (χ1) is 13.1. The monoisotopic (exact) mass is 382 g/mol. The van der Waals surface area contributed by atoms with Gasteiger partial charge in [0.2, 0.25) is 5.91 Å². The third-order valence-electron chi connectivity index (χ3n) is 4.84. The van der Waals surface area contributed by atoms with Crippen molar-refractivity contribution in [3.05, 3.63) is 74.7 Å². The molecule has 0 bridgehead atoms. The number of rotatable bonds is 4. The molecule has 1 fully saturated rings. The quantitative estimate of drug-likeness (QED) is 0.759. The Morgan fingerprint density at radius 2 is 1.96 bits per heavy atom. The number of pyridine rings is 1. The van der Waals surface area contributed by atoms with Crippen LogP contribution in [0.25, 0.3) is 5.57 Å². The Balaban J connectivity index is 1.74. The van der Waals surface area contributed by atoms with Crippen LogP contribution in [-0.2, 0) is 4.79 Å². The number of hydrogen-bond donors (Lipinski definition) is 3. The van der Waals surface area contributed by atoms with Gasteiger partial charge in [0.05, 0.1) is 0 Å². The molecule has 0 radical (unpaired) electrons. The summed E-state index contributed by atoms with van der Waals surface area (Å²) < 4.78 is 0. The van der Waals surface area contributed by atoms with Crippen molar-refractivity contribution >= 4 is 29.3 Å². The van der Waals surface area contributed by atoms with Gasteiger partial charge < -0.3 is 15.7 Å². The number of nitrogens with zero attached hydrogens (tertiary/aromatic N) is 1. The van der Waals surface area contributed by atoms with Gasteiger partial charge in [-0.05, 0) is 30.2 Å². The first-order valence-electron chi connectivity index (χ1n) is 8.87. The molecule has 1 amide bonds. The van der Waals surface area contributed by atoms with Crippen molar-refractivity contribution in [3.63, 3.8) is 0 Å². The first-order valence-corrected chi connectivity index (χ1v) is 9.25. The van der Waals surface area contributed by atoms with Crippen LogP contribution in [0.2, 0.25) is 5.02 Å². The molecule has 1 saturated heterocycles. The van der Waals surface area contributed by atoms with Crippen molar-refractivity contribution in [2.24, 2.45) is 5.10 Å². The van der Waals surface area contributed by atoms with Crippen molar-refractivity contribution in [1.29, 1.82) is 0 Å². The third kappa shape index (κ3) is 3.80. The second-order valence-electron chi connectivity index (χ2n) is 6.70. The van der Waals surface area contributed by atoms with Crippen LogP contribution in [0, 0.1) is 0 Å². The summed E-state index contributed by atoms with van der Waals surface area (Å²) in [7, 11) is 0. The molecular formula is C20H19ClN4O2. The molecule has 2 aromatic rings. The summed E-state index contributed by atoms with van der Waals surface area (Å²) in [5.41, 5.74) is 5.90. The Morgan fingerprint density at radius 3 is 2.59 bits per heavy atom. The topological polar surface area (TPSA) is 86.3 Å². The minimum absolute atomic E-state index is 0.0279. The number of hydrazone groups is 1. The molecule has 7 heteroatoms. The van der Waals surface area contributed by atoms with E-state index in [1.165, 1.54) is 0 Å². The molecule has 138 valence electrons. The maximum Gasteiger partial charge on any atom is 0.252 e. The molecular weight excluding hydrogens is 364 g/mol. The Morgan fingerprint density at radius 1 is 1.15 bits per heavy atom. The molecule has 0 aliphatic carbocycles. The molecule has 0 saturated carbocycles. The second-order valence-corrected chi connectivity index (χ2v) is 7.14. The normalized spacial score (nSPS) is 22.0. The van der Waals surface area contributed by atoms with Crippen molar-refractivity contribution in [3.8, 4) is 0 Å². The van der Waals surface area contributed by atoms with E-state index in [0.29, 0.717) is 29.2 Å². The van der Waals surface area contributed by atoms with Crippen LogP contribution >= 0.6 is 11.6 Å². The zero-order chi connectivity index (χ0) is 18.8. The number of amides is 1. The molecule has 2 aliphatic rings. The maximum atomic E-state index is 12.6. The van der Waals surface area contributed by atoms with Crippen molar-refractivity contribution < 1.29 is 4.79 Å². The highest BCUT2D eigenvalue weighted by atomic mass is 35.5. The predicted octanol–water partition coefficient (Wildman–Crippen LogP) is 2.41. The lowest BCUT2D eigenvalue weighted by Gasteiger charge is -2.13. The van der Waals surface area contributed by atoms with Gasteiger partial charge >= 0.3 is 0 Å². The van der Waals surface area contributed by atoms with E-state index in [1.54, 1.807) is 6.21 Å². The summed E-state index contributed by atoms with van der Waals surface area (Å²) >= 11 is 6.02. The van der Waals surface area contributed by atoms with Crippen molar-refractivity contribution in [2.75, 3.05) is 6.54 Å². The van der Waals surface area contributed by atoms with Crippen molar-refractivity contribution in [2.45, 2.75) is 24.8 Å². The molecule has 27 heavy (non-hydrogen) atoms. The molecule has 3 heterocycles.